The molecule has 1 aromatic rings. The molecule has 0 radical (unpaired) electrons. The minimum Gasteiger partial charge on any atom is -0.369 e. The van der Waals surface area contributed by atoms with E-state index in [-0.39, 0.29) is 11.9 Å². The van der Waals surface area contributed by atoms with Gasteiger partial charge in [-0.15, -0.1) is 11.6 Å². The number of rotatable bonds is 6. The first kappa shape index (κ1) is 16.1. The van der Waals surface area contributed by atoms with Crippen molar-refractivity contribution in [3.8, 4) is 0 Å². The van der Waals surface area contributed by atoms with E-state index in [4.69, 9.17) is 23.2 Å². The molecule has 2 rings (SSSR count). The summed E-state index contributed by atoms with van der Waals surface area (Å²) in [6.07, 6.45) is 2.83. The first-order valence-corrected chi connectivity index (χ1v) is 7.90. The Hall–Kier alpha value is -1.26. The highest BCUT2D eigenvalue weighted by Crippen LogP contribution is 2.27. The van der Waals surface area contributed by atoms with Crippen molar-refractivity contribution in [3.05, 3.63) is 28.8 Å². The second-order valence-corrected chi connectivity index (χ2v) is 5.93. The number of hydrogen-bond acceptors (Lipinski definition) is 3. The first-order chi connectivity index (χ1) is 10.1. The van der Waals surface area contributed by atoms with Gasteiger partial charge < -0.3 is 10.2 Å². The van der Waals surface area contributed by atoms with Crippen LogP contribution in [0.4, 0.5) is 5.69 Å². The van der Waals surface area contributed by atoms with Crippen LogP contribution in [0.3, 0.4) is 0 Å². The Bertz CT molecular complexity index is 522. The maximum atomic E-state index is 11.7. The van der Waals surface area contributed by atoms with Crippen LogP contribution in [0.5, 0.6) is 0 Å². The van der Waals surface area contributed by atoms with E-state index in [0.29, 0.717) is 35.9 Å². The highest BCUT2D eigenvalue weighted by Gasteiger charge is 2.25. The summed E-state index contributed by atoms with van der Waals surface area (Å²) in [6, 6.07) is 5.32. The Kier molecular flexibility index (Phi) is 5.88. The lowest BCUT2D eigenvalue weighted by Gasteiger charge is -2.21. The summed E-state index contributed by atoms with van der Waals surface area (Å²) in [5, 5.41) is 3.61. The van der Waals surface area contributed by atoms with E-state index >= 15 is 0 Å². The van der Waals surface area contributed by atoms with Gasteiger partial charge in [0.25, 0.3) is 0 Å². The van der Waals surface area contributed by atoms with Crippen LogP contribution in [0.2, 0.25) is 5.02 Å². The molecule has 0 spiro atoms. The molecule has 1 N–H and O–H groups in total. The van der Waals surface area contributed by atoms with E-state index in [2.05, 4.69) is 10.2 Å². The van der Waals surface area contributed by atoms with Crippen molar-refractivity contribution < 1.29 is 9.59 Å². The minimum absolute atomic E-state index is 0.0317. The molecule has 0 aliphatic carbocycles. The maximum Gasteiger partial charge on any atom is 0.220 e. The van der Waals surface area contributed by atoms with Gasteiger partial charge in [-0.2, -0.15) is 0 Å². The third-order valence-corrected chi connectivity index (χ3v) is 4.05. The zero-order valence-corrected chi connectivity index (χ0v) is 13.2. The van der Waals surface area contributed by atoms with Crippen LogP contribution in [0.25, 0.3) is 0 Å². The SMILES string of the molecule is O=Cc1ccc(Cl)cc1N1CCC(NC(=O)CCCCl)C1. The predicted octanol–water partition coefficient (Wildman–Crippen LogP) is 2.87. The van der Waals surface area contributed by atoms with Gasteiger partial charge in [0.15, 0.2) is 6.29 Å². The number of anilines is 1. The summed E-state index contributed by atoms with van der Waals surface area (Å²) in [5.74, 6) is 0.527. The van der Waals surface area contributed by atoms with Crippen LogP contribution in [0, 0.1) is 0 Å². The number of amides is 1. The van der Waals surface area contributed by atoms with Gasteiger partial charge in [0.2, 0.25) is 5.91 Å². The fourth-order valence-electron chi connectivity index (χ4n) is 2.51. The smallest absolute Gasteiger partial charge is 0.220 e. The second-order valence-electron chi connectivity index (χ2n) is 5.11. The van der Waals surface area contributed by atoms with E-state index in [1.807, 2.05) is 0 Å². The molecule has 4 nitrogen and oxygen atoms in total. The molecular formula is C15H18Cl2N2O2. The van der Waals surface area contributed by atoms with Gasteiger partial charge in [0.05, 0.1) is 0 Å². The quantitative estimate of drug-likeness (QED) is 0.645. The van der Waals surface area contributed by atoms with Crippen LogP contribution in [-0.4, -0.2) is 37.2 Å². The van der Waals surface area contributed by atoms with E-state index < -0.39 is 0 Å². The van der Waals surface area contributed by atoms with Crippen LogP contribution in [0.1, 0.15) is 29.6 Å². The van der Waals surface area contributed by atoms with Crippen LogP contribution < -0.4 is 10.2 Å². The number of hydrogen-bond donors (Lipinski definition) is 1. The lowest BCUT2D eigenvalue weighted by molar-refractivity contribution is -0.121. The standard InChI is InChI=1S/C15H18Cl2N2O2/c16-6-1-2-15(21)18-13-5-7-19(9-13)14-8-12(17)4-3-11(14)10-20/h3-4,8,10,13H,1-2,5-7,9H2,(H,18,21). The van der Waals surface area contributed by atoms with Gasteiger partial charge in [-0.1, -0.05) is 11.6 Å². The number of benzene rings is 1. The number of alkyl halides is 1. The molecule has 1 aliphatic heterocycles. The summed E-state index contributed by atoms with van der Waals surface area (Å²) < 4.78 is 0. The minimum atomic E-state index is 0.0317. The monoisotopic (exact) mass is 328 g/mol. The van der Waals surface area contributed by atoms with Gasteiger partial charge >= 0.3 is 0 Å². The van der Waals surface area contributed by atoms with E-state index in [0.717, 1.165) is 24.9 Å². The molecule has 1 aliphatic rings. The molecule has 1 amide bonds. The summed E-state index contributed by atoms with van der Waals surface area (Å²) in [5.41, 5.74) is 1.45. The number of carbonyl (C=O) groups excluding carboxylic acids is 2. The Balaban J connectivity index is 1.97. The van der Waals surface area contributed by atoms with Gasteiger partial charge in [0.1, 0.15) is 0 Å². The Morgan fingerprint density at radius 3 is 3.00 bits per heavy atom. The molecule has 0 bridgehead atoms. The van der Waals surface area contributed by atoms with Crippen molar-refractivity contribution in [3.63, 3.8) is 0 Å². The van der Waals surface area contributed by atoms with Gasteiger partial charge in [-0.05, 0) is 31.0 Å². The lowest BCUT2D eigenvalue weighted by Crippen LogP contribution is -2.37. The normalized spacial score (nSPS) is 17.8. The average Bonchev–Trinajstić information content (AvgIpc) is 2.93. The second kappa shape index (κ2) is 7.66. The molecule has 1 saturated heterocycles. The molecule has 114 valence electrons. The van der Waals surface area contributed by atoms with Gasteiger partial charge in [0, 0.05) is 47.7 Å². The van der Waals surface area contributed by atoms with Crippen molar-refractivity contribution in [1.29, 1.82) is 0 Å². The highest BCUT2D eigenvalue weighted by atomic mass is 35.5. The Labute approximate surface area is 134 Å². The molecule has 1 atom stereocenters. The third kappa shape index (κ3) is 4.35. The molecule has 1 aromatic carbocycles. The van der Waals surface area contributed by atoms with Crippen LogP contribution in [0.15, 0.2) is 18.2 Å². The van der Waals surface area contributed by atoms with Gasteiger partial charge in [-0.3, -0.25) is 9.59 Å². The zero-order valence-electron chi connectivity index (χ0n) is 11.6. The molecular weight excluding hydrogens is 311 g/mol. The molecule has 0 saturated carbocycles. The number of aldehydes is 1. The van der Waals surface area contributed by atoms with Gasteiger partial charge in [-0.25, -0.2) is 0 Å². The molecule has 1 unspecified atom stereocenters. The van der Waals surface area contributed by atoms with E-state index in [9.17, 15) is 9.59 Å². The summed E-state index contributed by atoms with van der Waals surface area (Å²) >= 11 is 11.6. The molecule has 21 heavy (non-hydrogen) atoms. The van der Waals surface area contributed by atoms with Crippen LogP contribution in [-0.2, 0) is 4.79 Å². The summed E-state index contributed by atoms with van der Waals surface area (Å²) in [6.45, 7) is 1.48. The lowest BCUT2D eigenvalue weighted by atomic mass is 10.2. The molecule has 6 heteroatoms. The maximum absolute atomic E-state index is 11.7. The van der Waals surface area contributed by atoms with Crippen molar-refractivity contribution in [2.24, 2.45) is 0 Å². The summed E-state index contributed by atoms with van der Waals surface area (Å²) in [4.78, 5) is 24.9. The summed E-state index contributed by atoms with van der Waals surface area (Å²) in [7, 11) is 0. The predicted molar refractivity (Wildman–Crippen MR) is 85.6 cm³/mol. The van der Waals surface area contributed by atoms with Crippen molar-refractivity contribution in [2.45, 2.75) is 25.3 Å². The van der Waals surface area contributed by atoms with Crippen molar-refractivity contribution in [1.82, 2.24) is 5.32 Å². The van der Waals surface area contributed by atoms with Crippen LogP contribution >= 0.6 is 23.2 Å². The van der Waals surface area contributed by atoms with Crippen molar-refractivity contribution >= 4 is 41.1 Å². The first-order valence-electron chi connectivity index (χ1n) is 6.99. The van der Waals surface area contributed by atoms with E-state index in [1.165, 1.54) is 0 Å². The van der Waals surface area contributed by atoms with Crippen molar-refractivity contribution in [2.75, 3.05) is 23.9 Å². The molecule has 1 fully saturated rings. The number of nitrogens with zero attached hydrogens (tertiary/aromatic N) is 1. The number of nitrogens with one attached hydrogen (secondary N) is 1. The fraction of sp³-hybridized carbons (Fsp3) is 0.467. The largest absolute Gasteiger partial charge is 0.369 e. The molecule has 0 aromatic heterocycles. The Morgan fingerprint density at radius 1 is 1.48 bits per heavy atom. The zero-order chi connectivity index (χ0) is 15.2. The van der Waals surface area contributed by atoms with E-state index in [1.54, 1.807) is 18.2 Å². The Morgan fingerprint density at radius 2 is 2.29 bits per heavy atom. The number of carbonyl (C=O) groups is 2. The fourth-order valence-corrected chi connectivity index (χ4v) is 2.81. The highest BCUT2D eigenvalue weighted by molar-refractivity contribution is 6.31. The topological polar surface area (TPSA) is 49.4 Å². The molecule has 1 heterocycles. The third-order valence-electron chi connectivity index (χ3n) is 3.55. The number of halogens is 2. The average molecular weight is 329 g/mol.